The number of hydrogen-bond donors (Lipinski definition) is 0. The Balaban J connectivity index is 1.90. The van der Waals surface area contributed by atoms with Crippen molar-refractivity contribution >= 4 is 0 Å². The fourth-order valence-electron chi connectivity index (χ4n) is 3.74. The first-order valence-electron chi connectivity index (χ1n) is 6.36. The van der Waals surface area contributed by atoms with Crippen molar-refractivity contribution < 1.29 is 0 Å². The van der Waals surface area contributed by atoms with E-state index in [1.165, 1.54) is 24.8 Å². The van der Waals surface area contributed by atoms with Crippen molar-refractivity contribution in [1.82, 2.24) is 4.90 Å². The van der Waals surface area contributed by atoms with Gasteiger partial charge in [0.2, 0.25) is 0 Å². The molecule has 2 saturated carbocycles. The second-order valence-electron chi connectivity index (χ2n) is 5.93. The fourth-order valence-corrected chi connectivity index (χ4v) is 3.74. The molecule has 3 unspecified atom stereocenters. The molecule has 0 saturated heterocycles. The summed E-state index contributed by atoms with van der Waals surface area (Å²) in [4.78, 5) is 2.41. The van der Waals surface area contributed by atoms with Crippen LogP contribution >= 0.6 is 0 Å². The summed E-state index contributed by atoms with van der Waals surface area (Å²) in [6.45, 7) is 2.27. The zero-order valence-electron chi connectivity index (χ0n) is 10.5. The van der Waals surface area contributed by atoms with E-state index < -0.39 is 0 Å². The van der Waals surface area contributed by atoms with Gasteiger partial charge in [-0.15, -0.1) is 0 Å². The minimum atomic E-state index is 0.556. The largest absolute Gasteiger partial charge is 0.306 e. The van der Waals surface area contributed by atoms with Crippen LogP contribution in [-0.2, 0) is 5.41 Å². The van der Waals surface area contributed by atoms with Gasteiger partial charge in [-0.25, -0.2) is 0 Å². The van der Waals surface area contributed by atoms with E-state index in [9.17, 15) is 0 Å². The van der Waals surface area contributed by atoms with Crippen LogP contribution in [0.1, 0.15) is 30.4 Å². The number of nitrogens with zero attached hydrogens (tertiary/aromatic N) is 1. The maximum atomic E-state index is 2.41. The number of benzene rings is 1. The van der Waals surface area contributed by atoms with E-state index in [0.29, 0.717) is 5.41 Å². The van der Waals surface area contributed by atoms with Crippen LogP contribution in [0.5, 0.6) is 0 Å². The second kappa shape index (κ2) is 3.33. The van der Waals surface area contributed by atoms with Gasteiger partial charge in [0, 0.05) is 11.5 Å². The lowest BCUT2D eigenvalue weighted by molar-refractivity contribution is 0.275. The first-order chi connectivity index (χ1) is 7.63. The Morgan fingerprint density at radius 3 is 2.56 bits per heavy atom. The molecule has 1 heteroatoms. The monoisotopic (exact) mass is 215 g/mol. The van der Waals surface area contributed by atoms with Crippen LogP contribution in [0.25, 0.3) is 0 Å². The molecule has 0 radical (unpaired) electrons. The summed E-state index contributed by atoms with van der Waals surface area (Å²) in [5, 5.41) is 0. The predicted octanol–water partition coefficient (Wildman–Crippen LogP) is 2.98. The maximum Gasteiger partial charge on any atom is 0.0101 e. The highest BCUT2D eigenvalue weighted by Gasteiger charge is 2.61. The molecule has 1 aromatic carbocycles. The summed E-state index contributed by atoms with van der Waals surface area (Å²) in [6.07, 6.45) is 4.21. The van der Waals surface area contributed by atoms with Gasteiger partial charge in [0.1, 0.15) is 0 Å². The number of rotatable bonds is 2. The van der Waals surface area contributed by atoms with E-state index >= 15 is 0 Å². The SMILES string of the molecule is Cc1ccccc1C12CC(N(C)C)CC1C2. The number of aryl methyl sites for hydroxylation is 1. The molecule has 3 rings (SSSR count). The Labute approximate surface area is 98.5 Å². The lowest BCUT2D eigenvalue weighted by Crippen LogP contribution is -2.27. The summed E-state index contributed by atoms with van der Waals surface area (Å²) < 4.78 is 0. The third-order valence-electron chi connectivity index (χ3n) is 4.80. The normalized spacial score (nSPS) is 36.5. The molecule has 3 atom stereocenters. The van der Waals surface area contributed by atoms with Crippen molar-refractivity contribution in [2.75, 3.05) is 14.1 Å². The second-order valence-corrected chi connectivity index (χ2v) is 5.93. The Morgan fingerprint density at radius 2 is 1.94 bits per heavy atom. The summed E-state index contributed by atoms with van der Waals surface area (Å²) in [5.41, 5.74) is 3.68. The molecule has 0 spiro atoms. The average Bonchev–Trinajstić information content (AvgIpc) is 2.82. The highest BCUT2D eigenvalue weighted by atomic mass is 15.1. The molecule has 0 amide bonds. The van der Waals surface area contributed by atoms with Crippen LogP contribution in [-0.4, -0.2) is 25.0 Å². The first kappa shape index (κ1) is 10.3. The highest BCUT2D eigenvalue weighted by Crippen LogP contribution is 2.65. The van der Waals surface area contributed by atoms with Crippen molar-refractivity contribution in [3.63, 3.8) is 0 Å². The van der Waals surface area contributed by atoms with Gasteiger partial charge >= 0.3 is 0 Å². The molecule has 2 fully saturated rings. The predicted molar refractivity (Wildman–Crippen MR) is 67.7 cm³/mol. The summed E-state index contributed by atoms with van der Waals surface area (Å²) in [6, 6.07) is 9.79. The lowest BCUT2D eigenvalue weighted by Gasteiger charge is -2.23. The number of hydrogen-bond acceptors (Lipinski definition) is 1. The molecule has 16 heavy (non-hydrogen) atoms. The van der Waals surface area contributed by atoms with Gasteiger partial charge in [-0.2, -0.15) is 0 Å². The minimum Gasteiger partial charge on any atom is -0.306 e. The molecule has 86 valence electrons. The van der Waals surface area contributed by atoms with Gasteiger partial charge in [-0.3, -0.25) is 0 Å². The van der Waals surface area contributed by atoms with E-state index in [-0.39, 0.29) is 0 Å². The third kappa shape index (κ3) is 1.34. The van der Waals surface area contributed by atoms with Crippen LogP contribution in [0, 0.1) is 12.8 Å². The van der Waals surface area contributed by atoms with Crippen molar-refractivity contribution in [3.8, 4) is 0 Å². The molecule has 0 aliphatic heterocycles. The van der Waals surface area contributed by atoms with E-state index in [1.807, 2.05) is 0 Å². The highest BCUT2D eigenvalue weighted by molar-refractivity contribution is 5.41. The van der Waals surface area contributed by atoms with Gasteiger partial charge in [0.05, 0.1) is 0 Å². The standard InChI is InChI=1S/C15H21N/c1-11-6-4-5-7-14(11)15-9-12(15)8-13(10-15)16(2)3/h4-7,12-13H,8-10H2,1-3H3. The van der Waals surface area contributed by atoms with Gasteiger partial charge in [-0.1, -0.05) is 24.3 Å². The molecule has 1 aromatic rings. The smallest absolute Gasteiger partial charge is 0.0101 e. The van der Waals surface area contributed by atoms with Gasteiger partial charge in [0.25, 0.3) is 0 Å². The fraction of sp³-hybridized carbons (Fsp3) is 0.600. The van der Waals surface area contributed by atoms with Gasteiger partial charge < -0.3 is 4.90 Å². The summed E-state index contributed by atoms with van der Waals surface area (Å²) in [5.74, 6) is 0.959. The van der Waals surface area contributed by atoms with E-state index in [2.05, 4.69) is 50.2 Å². The maximum absolute atomic E-state index is 2.41. The Morgan fingerprint density at radius 1 is 1.19 bits per heavy atom. The molecule has 2 aliphatic carbocycles. The minimum absolute atomic E-state index is 0.556. The van der Waals surface area contributed by atoms with Crippen LogP contribution in [0.3, 0.4) is 0 Å². The molecule has 0 bridgehead atoms. The lowest BCUT2D eigenvalue weighted by atomic mass is 9.89. The Bertz CT molecular complexity index is 410. The molecular formula is C15H21N. The topological polar surface area (TPSA) is 3.24 Å². The molecule has 1 nitrogen and oxygen atoms in total. The molecular weight excluding hydrogens is 194 g/mol. The molecule has 0 N–H and O–H groups in total. The first-order valence-corrected chi connectivity index (χ1v) is 6.36. The van der Waals surface area contributed by atoms with Crippen molar-refractivity contribution in [2.45, 2.75) is 37.6 Å². The molecule has 0 aromatic heterocycles. The van der Waals surface area contributed by atoms with Crippen LogP contribution < -0.4 is 0 Å². The van der Waals surface area contributed by atoms with Crippen molar-refractivity contribution in [1.29, 1.82) is 0 Å². The Kier molecular flexibility index (Phi) is 2.16. The summed E-state index contributed by atoms with van der Waals surface area (Å²) >= 11 is 0. The van der Waals surface area contributed by atoms with E-state index in [1.54, 1.807) is 5.56 Å². The number of fused-ring (bicyclic) bond motifs is 1. The summed E-state index contributed by atoms with van der Waals surface area (Å²) in [7, 11) is 4.45. The molecule has 2 aliphatic rings. The zero-order valence-corrected chi connectivity index (χ0v) is 10.5. The van der Waals surface area contributed by atoms with Crippen LogP contribution in [0.15, 0.2) is 24.3 Å². The van der Waals surface area contributed by atoms with Crippen molar-refractivity contribution in [3.05, 3.63) is 35.4 Å². The Hall–Kier alpha value is -0.820. The van der Waals surface area contributed by atoms with Crippen LogP contribution in [0.2, 0.25) is 0 Å². The molecule has 0 heterocycles. The van der Waals surface area contributed by atoms with Crippen LogP contribution in [0.4, 0.5) is 0 Å². The zero-order chi connectivity index (χ0) is 11.3. The third-order valence-corrected chi connectivity index (χ3v) is 4.80. The van der Waals surface area contributed by atoms with Crippen molar-refractivity contribution in [2.24, 2.45) is 5.92 Å². The van der Waals surface area contributed by atoms with Gasteiger partial charge in [0.15, 0.2) is 0 Å². The van der Waals surface area contributed by atoms with Gasteiger partial charge in [-0.05, 0) is 57.3 Å². The van der Waals surface area contributed by atoms with E-state index in [0.717, 1.165) is 12.0 Å². The van der Waals surface area contributed by atoms with E-state index in [4.69, 9.17) is 0 Å². The average molecular weight is 215 g/mol. The quantitative estimate of drug-likeness (QED) is 0.733.